The van der Waals surface area contributed by atoms with Gasteiger partial charge in [0.1, 0.15) is 5.82 Å². The van der Waals surface area contributed by atoms with Gasteiger partial charge in [0.2, 0.25) is 0 Å². The smallest absolute Gasteiger partial charge is 0.274 e. The molecule has 7 heteroatoms. The van der Waals surface area contributed by atoms with Crippen LogP contribution < -0.4 is 0 Å². The second-order valence-electron chi connectivity index (χ2n) is 9.25. The van der Waals surface area contributed by atoms with Crippen molar-refractivity contribution in [2.45, 2.75) is 63.7 Å². The summed E-state index contributed by atoms with van der Waals surface area (Å²) in [6.45, 7) is 3.59. The van der Waals surface area contributed by atoms with Gasteiger partial charge in [0.25, 0.3) is 5.91 Å². The summed E-state index contributed by atoms with van der Waals surface area (Å²) >= 11 is 0. The van der Waals surface area contributed by atoms with E-state index in [0.717, 1.165) is 68.1 Å². The van der Waals surface area contributed by atoms with Gasteiger partial charge in [0.05, 0.1) is 5.69 Å². The highest BCUT2D eigenvalue weighted by atomic mass is 16.2. The number of fused-ring (bicyclic) bond motifs is 1. The quantitative estimate of drug-likeness (QED) is 0.704. The van der Waals surface area contributed by atoms with E-state index in [0.29, 0.717) is 17.5 Å². The van der Waals surface area contributed by atoms with E-state index in [2.05, 4.69) is 29.3 Å². The van der Waals surface area contributed by atoms with Crippen molar-refractivity contribution in [3.8, 4) is 5.69 Å². The van der Waals surface area contributed by atoms with Gasteiger partial charge in [-0.2, -0.15) is 10.2 Å². The number of carbonyl (C=O) groups excluding carboxylic acids is 1. The lowest BCUT2D eigenvalue weighted by Gasteiger charge is -2.30. The summed E-state index contributed by atoms with van der Waals surface area (Å²) in [5.74, 6) is 2.99. The van der Waals surface area contributed by atoms with Gasteiger partial charge in [-0.3, -0.25) is 9.89 Å². The molecule has 31 heavy (non-hydrogen) atoms. The molecule has 7 nitrogen and oxygen atoms in total. The van der Waals surface area contributed by atoms with Crippen LogP contribution in [0.2, 0.25) is 0 Å². The highest BCUT2D eigenvalue weighted by molar-refractivity contribution is 5.94. The van der Waals surface area contributed by atoms with Gasteiger partial charge in [-0.1, -0.05) is 18.2 Å². The molecular weight excluding hydrogens is 388 g/mol. The first-order valence-electron chi connectivity index (χ1n) is 11.6. The van der Waals surface area contributed by atoms with E-state index in [1.165, 1.54) is 24.1 Å². The van der Waals surface area contributed by atoms with Crippen molar-refractivity contribution >= 4 is 5.91 Å². The molecule has 0 unspecified atom stereocenters. The Labute approximate surface area is 181 Å². The Balaban J connectivity index is 1.21. The lowest BCUT2D eigenvalue weighted by Crippen LogP contribution is -2.38. The van der Waals surface area contributed by atoms with Crippen molar-refractivity contribution in [1.82, 2.24) is 29.9 Å². The number of amides is 1. The van der Waals surface area contributed by atoms with Crippen molar-refractivity contribution in [3.63, 3.8) is 0 Å². The van der Waals surface area contributed by atoms with Crippen LogP contribution in [0.25, 0.3) is 5.69 Å². The molecule has 0 bridgehead atoms. The summed E-state index contributed by atoms with van der Waals surface area (Å²) in [6.07, 6.45) is 7.29. The molecule has 3 heterocycles. The standard InChI is InChI=1S/C24H28N6O/c1-15-5-2-3-7-19(15)30-20-8-4-6-18(20)21(28-30)24(31)29-13-11-17(12-14-29)23-25-22(26-27-23)16-9-10-16/h2-3,5,7,16-17H,4,6,8-14H2,1H3,(H,25,26,27). The molecule has 6 rings (SSSR count). The summed E-state index contributed by atoms with van der Waals surface area (Å²) in [4.78, 5) is 20.2. The summed E-state index contributed by atoms with van der Waals surface area (Å²) < 4.78 is 2.02. The number of aromatic nitrogens is 5. The predicted molar refractivity (Wildman–Crippen MR) is 117 cm³/mol. The SMILES string of the molecule is Cc1ccccc1-n1nc(C(=O)N2CCC(c3nc(C4CC4)n[nH]3)CC2)c2c1CCC2. The maximum Gasteiger partial charge on any atom is 0.274 e. The number of nitrogens with zero attached hydrogens (tertiary/aromatic N) is 5. The molecule has 160 valence electrons. The maximum absolute atomic E-state index is 13.4. The number of hydrogen-bond donors (Lipinski definition) is 1. The molecule has 1 saturated heterocycles. The van der Waals surface area contributed by atoms with Gasteiger partial charge in [-0.25, -0.2) is 9.67 Å². The minimum absolute atomic E-state index is 0.0835. The average Bonchev–Trinajstić information content (AvgIpc) is 3.20. The first-order chi connectivity index (χ1) is 15.2. The molecule has 2 aromatic heterocycles. The predicted octanol–water partition coefficient (Wildman–Crippen LogP) is 3.68. The summed E-state index contributed by atoms with van der Waals surface area (Å²) in [7, 11) is 0. The zero-order valence-electron chi connectivity index (χ0n) is 18.0. The number of benzene rings is 1. The fourth-order valence-electron chi connectivity index (χ4n) is 5.11. The van der Waals surface area contributed by atoms with Gasteiger partial charge >= 0.3 is 0 Å². The Morgan fingerprint density at radius 3 is 2.65 bits per heavy atom. The molecule has 0 spiro atoms. The minimum atomic E-state index is 0.0835. The van der Waals surface area contributed by atoms with Gasteiger partial charge in [0, 0.05) is 36.2 Å². The van der Waals surface area contributed by atoms with Crippen LogP contribution in [0.3, 0.4) is 0 Å². The number of H-pyrrole nitrogens is 1. The fourth-order valence-corrected chi connectivity index (χ4v) is 5.11. The average molecular weight is 417 g/mol. The van der Waals surface area contributed by atoms with E-state index in [-0.39, 0.29) is 5.91 Å². The van der Waals surface area contributed by atoms with Crippen LogP contribution in [0.5, 0.6) is 0 Å². The molecule has 1 N–H and O–H groups in total. The van der Waals surface area contributed by atoms with Gasteiger partial charge < -0.3 is 4.90 Å². The number of para-hydroxylation sites is 1. The van der Waals surface area contributed by atoms with Gasteiger partial charge in [0.15, 0.2) is 11.5 Å². The van der Waals surface area contributed by atoms with E-state index in [4.69, 9.17) is 10.1 Å². The number of aryl methyl sites for hydroxylation is 1. The highest BCUT2D eigenvalue weighted by Gasteiger charge is 2.33. The molecule has 3 aliphatic rings. The van der Waals surface area contributed by atoms with Crippen molar-refractivity contribution < 1.29 is 4.79 Å². The van der Waals surface area contributed by atoms with Crippen molar-refractivity contribution in [2.75, 3.05) is 13.1 Å². The number of aromatic amines is 1. The number of likely N-dealkylation sites (tertiary alicyclic amines) is 1. The molecule has 1 amide bonds. The summed E-state index contributed by atoms with van der Waals surface area (Å²) in [5, 5.41) is 12.4. The Morgan fingerprint density at radius 2 is 1.87 bits per heavy atom. The zero-order chi connectivity index (χ0) is 20.9. The third-order valence-corrected chi connectivity index (χ3v) is 7.11. The maximum atomic E-state index is 13.4. The summed E-state index contributed by atoms with van der Waals surface area (Å²) in [6, 6.07) is 8.27. The summed E-state index contributed by atoms with van der Waals surface area (Å²) in [5.41, 5.74) is 5.28. The number of nitrogens with one attached hydrogen (secondary N) is 1. The molecule has 0 radical (unpaired) electrons. The van der Waals surface area contributed by atoms with Crippen LogP contribution in [0.15, 0.2) is 24.3 Å². The first kappa shape index (κ1) is 18.8. The molecule has 1 aliphatic heterocycles. The Bertz CT molecular complexity index is 1130. The van der Waals surface area contributed by atoms with Crippen molar-refractivity contribution in [1.29, 1.82) is 0 Å². The lowest BCUT2D eigenvalue weighted by molar-refractivity contribution is 0.0703. The normalized spacial score (nSPS) is 19.1. The minimum Gasteiger partial charge on any atom is -0.337 e. The van der Waals surface area contributed by atoms with Crippen molar-refractivity contribution in [3.05, 3.63) is 58.4 Å². The van der Waals surface area contributed by atoms with Crippen LogP contribution in [0.1, 0.15) is 82.9 Å². The molecule has 2 fully saturated rings. The topological polar surface area (TPSA) is 79.7 Å². The first-order valence-corrected chi connectivity index (χ1v) is 11.6. The Kier molecular flexibility index (Phi) is 4.44. The van der Waals surface area contributed by atoms with Crippen LogP contribution in [0.4, 0.5) is 0 Å². The molecular formula is C24H28N6O. The van der Waals surface area contributed by atoms with Crippen LogP contribution in [0, 0.1) is 6.92 Å². The lowest BCUT2D eigenvalue weighted by atomic mass is 9.96. The Hall–Kier alpha value is -2.96. The monoisotopic (exact) mass is 416 g/mol. The largest absolute Gasteiger partial charge is 0.337 e. The van der Waals surface area contributed by atoms with Crippen LogP contribution in [-0.2, 0) is 12.8 Å². The van der Waals surface area contributed by atoms with Crippen LogP contribution in [-0.4, -0.2) is 48.9 Å². The number of carbonyl (C=O) groups is 1. The second kappa shape index (κ2) is 7.32. The Morgan fingerprint density at radius 1 is 1.06 bits per heavy atom. The van der Waals surface area contributed by atoms with E-state index < -0.39 is 0 Å². The van der Waals surface area contributed by atoms with E-state index >= 15 is 0 Å². The molecule has 1 aromatic carbocycles. The van der Waals surface area contributed by atoms with Crippen molar-refractivity contribution in [2.24, 2.45) is 0 Å². The number of rotatable bonds is 4. The van der Waals surface area contributed by atoms with E-state index in [9.17, 15) is 4.79 Å². The van der Waals surface area contributed by atoms with E-state index in [1.807, 2.05) is 21.7 Å². The highest BCUT2D eigenvalue weighted by Crippen LogP contribution is 2.39. The number of hydrogen-bond acceptors (Lipinski definition) is 4. The number of piperidine rings is 1. The molecule has 1 saturated carbocycles. The fraction of sp³-hybridized carbons (Fsp3) is 0.500. The second-order valence-corrected chi connectivity index (χ2v) is 9.25. The van der Waals surface area contributed by atoms with Crippen LogP contribution >= 0.6 is 0 Å². The third kappa shape index (κ3) is 3.27. The van der Waals surface area contributed by atoms with Gasteiger partial charge in [-0.05, 0) is 63.5 Å². The zero-order valence-corrected chi connectivity index (χ0v) is 18.0. The van der Waals surface area contributed by atoms with Gasteiger partial charge in [-0.15, -0.1) is 0 Å². The van der Waals surface area contributed by atoms with E-state index in [1.54, 1.807) is 0 Å². The molecule has 0 atom stereocenters. The molecule has 2 aliphatic carbocycles. The molecule has 3 aromatic rings. The third-order valence-electron chi connectivity index (χ3n) is 7.11.